The summed E-state index contributed by atoms with van der Waals surface area (Å²) < 4.78 is 13.3. The minimum absolute atomic E-state index is 0.0193. The molecule has 1 aliphatic rings. The number of hydrogen-bond donors (Lipinski definition) is 1. The fraction of sp³-hybridized carbons (Fsp3) is 0.0588. The normalized spacial score (nSPS) is 13.0. The van der Waals surface area contributed by atoms with E-state index in [9.17, 15) is 9.18 Å². The Hall–Kier alpha value is -2.53. The lowest BCUT2D eigenvalue weighted by molar-refractivity contribution is -0.115. The van der Waals surface area contributed by atoms with E-state index in [0.29, 0.717) is 6.42 Å². The highest BCUT2D eigenvalue weighted by Crippen LogP contribution is 2.32. The zero-order chi connectivity index (χ0) is 15.1. The maximum atomic E-state index is 13.3. The van der Waals surface area contributed by atoms with Crippen molar-refractivity contribution < 1.29 is 9.18 Å². The van der Waals surface area contributed by atoms with Gasteiger partial charge in [-0.1, -0.05) is 18.2 Å². The number of carbonyl (C=O) groups is 1. The summed E-state index contributed by atoms with van der Waals surface area (Å²) in [4.78, 5) is 16.0. The van der Waals surface area contributed by atoms with Crippen molar-refractivity contribution in [3.63, 3.8) is 0 Å². The number of rotatable bonds is 2. The minimum Gasteiger partial charge on any atom is -0.326 e. The number of aromatic nitrogens is 1. The van der Waals surface area contributed by atoms with Gasteiger partial charge in [0.2, 0.25) is 5.91 Å². The van der Waals surface area contributed by atoms with Gasteiger partial charge in [-0.2, -0.15) is 0 Å². The third-order valence-corrected chi connectivity index (χ3v) is 4.49. The van der Waals surface area contributed by atoms with E-state index < -0.39 is 0 Å². The average molecular weight is 310 g/mol. The molecule has 0 atom stereocenters. The molecule has 4 rings (SSSR count). The SMILES string of the molecule is O=C1Cc2cc(-c3csc(-c4cccc(F)c4)n3)ccc2N1. The van der Waals surface area contributed by atoms with E-state index in [-0.39, 0.29) is 11.7 Å². The van der Waals surface area contributed by atoms with Gasteiger partial charge in [-0.25, -0.2) is 9.37 Å². The molecule has 2 heterocycles. The summed E-state index contributed by atoms with van der Waals surface area (Å²) in [5.74, 6) is -0.248. The predicted molar refractivity (Wildman–Crippen MR) is 85.3 cm³/mol. The van der Waals surface area contributed by atoms with Gasteiger partial charge in [-0.3, -0.25) is 4.79 Å². The molecule has 0 radical (unpaired) electrons. The van der Waals surface area contributed by atoms with Crippen molar-refractivity contribution in [3.05, 3.63) is 59.2 Å². The molecule has 5 heteroatoms. The molecule has 1 N–H and O–H groups in total. The van der Waals surface area contributed by atoms with E-state index in [1.165, 1.54) is 23.5 Å². The summed E-state index contributed by atoms with van der Waals surface area (Å²) >= 11 is 1.48. The lowest BCUT2D eigenvalue weighted by Crippen LogP contribution is -2.03. The molecule has 0 bridgehead atoms. The first-order valence-corrected chi connectivity index (χ1v) is 7.71. The molecule has 0 saturated carbocycles. The predicted octanol–water partition coefficient (Wildman–Crippen LogP) is 4.11. The molecule has 3 nitrogen and oxygen atoms in total. The molecule has 0 fully saturated rings. The van der Waals surface area contributed by atoms with Crippen LogP contribution in [0.2, 0.25) is 0 Å². The van der Waals surface area contributed by atoms with E-state index in [2.05, 4.69) is 10.3 Å². The molecule has 3 aromatic rings. The minimum atomic E-state index is -0.267. The molecule has 108 valence electrons. The van der Waals surface area contributed by atoms with Gasteiger partial charge < -0.3 is 5.32 Å². The number of hydrogen-bond acceptors (Lipinski definition) is 3. The highest BCUT2D eigenvalue weighted by molar-refractivity contribution is 7.13. The zero-order valence-corrected chi connectivity index (χ0v) is 12.3. The Morgan fingerprint density at radius 3 is 2.91 bits per heavy atom. The van der Waals surface area contributed by atoms with Crippen molar-refractivity contribution >= 4 is 22.9 Å². The Kier molecular flexibility index (Phi) is 3.01. The molecule has 0 spiro atoms. The second-order valence-electron chi connectivity index (χ2n) is 5.15. The summed E-state index contributed by atoms with van der Waals surface area (Å²) in [6.07, 6.45) is 0.407. The van der Waals surface area contributed by atoms with Crippen LogP contribution in [0.5, 0.6) is 0 Å². The number of halogens is 1. The third kappa shape index (κ3) is 2.29. The van der Waals surface area contributed by atoms with Crippen molar-refractivity contribution in [1.29, 1.82) is 0 Å². The van der Waals surface area contributed by atoms with Crippen LogP contribution in [-0.4, -0.2) is 10.9 Å². The molecule has 0 unspecified atom stereocenters. The first-order chi connectivity index (χ1) is 10.7. The summed E-state index contributed by atoms with van der Waals surface area (Å²) in [6.45, 7) is 0. The Balaban J connectivity index is 1.70. The van der Waals surface area contributed by atoms with Gasteiger partial charge in [-0.15, -0.1) is 11.3 Å². The second-order valence-corrected chi connectivity index (χ2v) is 6.00. The molecule has 0 saturated heterocycles. The molecular weight excluding hydrogens is 299 g/mol. The van der Waals surface area contributed by atoms with E-state index in [4.69, 9.17) is 0 Å². The summed E-state index contributed by atoms with van der Waals surface area (Å²) in [5, 5.41) is 5.55. The van der Waals surface area contributed by atoms with Gasteiger partial charge in [0.25, 0.3) is 0 Å². The lowest BCUT2D eigenvalue weighted by atomic mass is 10.1. The van der Waals surface area contributed by atoms with Crippen LogP contribution in [0.3, 0.4) is 0 Å². The van der Waals surface area contributed by atoms with Crippen LogP contribution in [0.1, 0.15) is 5.56 Å². The van der Waals surface area contributed by atoms with Gasteiger partial charge >= 0.3 is 0 Å². The van der Waals surface area contributed by atoms with Crippen LogP contribution in [0.4, 0.5) is 10.1 Å². The number of benzene rings is 2. The van der Waals surface area contributed by atoms with Gasteiger partial charge in [0.05, 0.1) is 12.1 Å². The van der Waals surface area contributed by atoms with Crippen LogP contribution in [0.15, 0.2) is 47.8 Å². The molecule has 2 aromatic carbocycles. The lowest BCUT2D eigenvalue weighted by Gasteiger charge is -2.01. The standard InChI is InChI=1S/C17H11FN2OS/c18-13-3-1-2-11(7-13)17-20-15(9-22-17)10-4-5-14-12(6-10)8-16(21)19-14/h1-7,9H,8H2,(H,19,21). The van der Waals surface area contributed by atoms with Crippen LogP contribution < -0.4 is 5.32 Å². The fourth-order valence-corrected chi connectivity index (χ4v) is 3.38. The Bertz CT molecular complexity index is 888. The van der Waals surface area contributed by atoms with Gasteiger partial charge in [0.1, 0.15) is 10.8 Å². The summed E-state index contributed by atoms with van der Waals surface area (Å²) in [6, 6.07) is 12.2. The second kappa shape index (κ2) is 5.03. The molecule has 0 aliphatic carbocycles. The number of nitrogens with one attached hydrogen (secondary N) is 1. The number of carbonyl (C=O) groups excluding carboxylic acids is 1. The summed E-state index contributed by atoms with van der Waals surface area (Å²) in [5.41, 5.74) is 4.44. The molecule has 1 aliphatic heterocycles. The van der Waals surface area contributed by atoms with E-state index >= 15 is 0 Å². The number of amides is 1. The molecular formula is C17H11FN2OS. The number of thiazole rings is 1. The van der Waals surface area contributed by atoms with Gasteiger partial charge in [0.15, 0.2) is 0 Å². The number of anilines is 1. The number of fused-ring (bicyclic) bond motifs is 1. The monoisotopic (exact) mass is 310 g/mol. The molecule has 1 aromatic heterocycles. The highest BCUT2D eigenvalue weighted by Gasteiger charge is 2.18. The first kappa shape index (κ1) is 13.2. The maximum Gasteiger partial charge on any atom is 0.228 e. The topological polar surface area (TPSA) is 42.0 Å². The van der Waals surface area contributed by atoms with E-state index in [1.807, 2.05) is 29.6 Å². The van der Waals surface area contributed by atoms with Crippen molar-refractivity contribution in [1.82, 2.24) is 4.98 Å². The van der Waals surface area contributed by atoms with Crippen LogP contribution in [0, 0.1) is 5.82 Å². The van der Waals surface area contributed by atoms with Gasteiger partial charge in [-0.05, 0) is 29.8 Å². The van der Waals surface area contributed by atoms with Gasteiger partial charge in [0, 0.05) is 22.2 Å². The quantitative estimate of drug-likeness (QED) is 0.774. The largest absolute Gasteiger partial charge is 0.326 e. The smallest absolute Gasteiger partial charge is 0.228 e. The Morgan fingerprint density at radius 1 is 1.14 bits per heavy atom. The van der Waals surface area contributed by atoms with Crippen molar-refractivity contribution in [2.45, 2.75) is 6.42 Å². The first-order valence-electron chi connectivity index (χ1n) is 6.84. The van der Waals surface area contributed by atoms with E-state index in [0.717, 1.165) is 33.1 Å². The van der Waals surface area contributed by atoms with Crippen LogP contribution >= 0.6 is 11.3 Å². The van der Waals surface area contributed by atoms with Crippen LogP contribution in [0.25, 0.3) is 21.8 Å². The fourth-order valence-electron chi connectivity index (χ4n) is 2.55. The van der Waals surface area contributed by atoms with E-state index in [1.54, 1.807) is 6.07 Å². The summed E-state index contributed by atoms with van der Waals surface area (Å²) in [7, 11) is 0. The third-order valence-electron chi connectivity index (χ3n) is 3.60. The van der Waals surface area contributed by atoms with Crippen molar-refractivity contribution in [2.75, 3.05) is 5.32 Å². The van der Waals surface area contributed by atoms with Crippen LogP contribution in [-0.2, 0) is 11.2 Å². The average Bonchev–Trinajstić information content (AvgIpc) is 3.11. The van der Waals surface area contributed by atoms with Crippen molar-refractivity contribution in [2.24, 2.45) is 0 Å². The zero-order valence-electron chi connectivity index (χ0n) is 11.5. The maximum absolute atomic E-state index is 13.3. The Morgan fingerprint density at radius 2 is 2.05 bits per heavy atom. The van der Waals surface area contributed by atoms with Crippen molar-refractivity contribution in [3.8, 4) is 21.8 Å². The number of nitrogens with zero attached hydrogens (tertiary/aromatic N) is 1. The molecule has 1 amide bonds. The Labute approximate surface area is 130 Å². The molecule has 22 heavy (non-hydrogen) atoms. The highest BCUT2D eigenvalue weighted by atomic mass is 32.1.